The Morgan fingerprint density at radius 1 is 0.531 bits per heavy atom. The first-order chi connectivity index (χ1) is 38.0. The van der Waals surface area contributed by atoms with E-state index in [1.165, 1.54) is 6.92 Å². The maximum Gasteiger partial charge on any atom is 0.326 e. The van der Waals surface area contributed by atoms with E-state index in [0.29, 0.717) is 19.4 Å². The van der Waals surface area contributed by atoms with Crippen LogP contribution in [0.4, 0.5) is 0 Å². The van der Waals surface area contributed by atoms with E-state index in [0.717, 1.165) is 4.90 Å². The number of carboxylic acid groups (broad SMARTS) is 2. The van der Waals surface area contributed by atoms with Crippen molar-refractivity contribution < 1.29 is 77.6 Å². The molecule has 1 aliphatic rings. The van der Waals surface area contributed by atoms with Crippen molar-refractivity contribution in [2.75, 3.05) is 44.3 Å². The van der Waals surface area contributed by atoms with Crippen molar-refractivity contribution in [3.05, 3.63) is 0 Å². The van der Waals surface area contributed by atoms with Crippen molar-refractivity contribution in [2.24, 2.45) is 29.2 Å². The third-order valence-electron chi connectivity index (χ3n) is 12.4. The van der Waals surface area contributed by atoms with Crippen molar-refractivity contribution in [3.63, 3.8) is 0 Å². The van der Waals surface area contributed by atoms with E-state index in [9.17, 15) is 77.6 Å². The molecule has 0 aliphatic carbocycles. The Kier molecular flexibility index (Phi) is 33.8. The monoisotopic (exact) mass is 1190 g/mol. The Balaban J connectivity index is 3.15. The number of thiol groups is 2. The van der Waals surface area contributed by atoms with Crippen molar-refractivity contribution in [2.45, 2.75) is 173 Å². The highest BCUT2D eigenvalue weighted by molar-refractivity contribution is 7.80. The lowest BCUT2D eigenvalue weighted by molar-refractivity contribution is -0.143. The molecule has 17 N–H and O–H groups in total. The number of aliphatic carboxylic acids is 2. The molecule has 1 aliphatic heterocycles. The number of aliphatic hydroxyl groups excluding tert-OH is 1. The molecule has 1 rings (SSSR count). The van der Waals surface area contributed by atoms with Crippen LogP contribution in [-0.2, 0) is 62.3 Å². The van der Waals surface area contributed by atoms with Crippen LogP contribution in [0.25, 0.3) is 0 Å². The van der Waals surface area contributed by atoms with Gasteiger partial charge in [0.05, 0.1) is 25.7 Å². The van der Waals surface area contributed by atoms with Gasteiger partial charge in [0.2, 0.25) is 65.0 Å². The number of nitrogens with zero attached hydrogens (tertiary/aromatic N) is 1. The van der Waals surface area contributed by atoms with Crippen LogP contribution in [0, 0.1) is 17.8 Å². The molecule has 0 aromatic heterocycles. The highest BCUT2D eigenvalue weighted by Gasteiger charge is 2.41. The lowest BCUT2D eigenvalue weighted by Crippen LogP contribution is -2.61. The molecule has 11 amide bonds. The van der Waals surface area contributed by atoms with Crippen molar-refractivity contribution in [1.82, 2.24) is 58.1 Å². The molecule has 29 nitrogen and oxygen atoms in total. The summed E-state index contributed by atoms with van der Waals surface area (Å²) in [5.41, 5.74) is 11.1. The minimum Gasteiger partial charge on any atom is -0.481 e. The lowest BCUT2D eigenvalue weighted by Gasteiger charge is -2.31. The molecule has 1 heterocycles. The number of hydrogen-bond acceptors (Lipinski definition) is 18. The second kappa shape index (κ2) is 37.7. The maximum atomic E-state index is 14.1. The molecule has 1 saturated heterocycles. The predicted octanol–water partition coefficient (Wildman–Crippen LogP) is -4.50. The number of carboxylic acids is 2. The fourth-order valence-electron chi connectivity index (χ4n) is 8.18. The summed E-state index contributed by atoms with van der Waals surface area (Å²) in [7, 11) is 0. The Morgan fingerprint density at radius 2 is 0.975 bits per heavy atom. The van der Waals surface area contributed by atoms with Gasteiger partial charge in [-0.3, -0.25) is 57.5 Å². The van der Waals surface area contributed by atoms with Gasteiger partial charge in [0.25, 0.3) is 0 Å². The fraction of sp³-hybridized carbons (Fsp3) is 0.740. The first-order valence-electron chi connectivity index (χ1n) is 27.0. The molecule has 31 heteroatoms. The van der Waals surface area contributed by atoms with Crippen LogP contribution in [0.5, 0.6) is 0 Å². The van der Waals surface area contributed by atoms with E-state index < -0.39 is 170 Å². The first-order valence-corrected chi connectivity index (χ1v) is 28.3. The molecule has 0 aromatic rings. The Labute approximate surface area is 482 Å². The molecule has 0 bridgehead atoms. The van der Waals surface area contributed by atoms with Crippen molar-refractivity contribution in [3.8, 4) is 0 Å². The van der Waals surface area contributed by atoms with E-state index in [-0.39, 0.29) is 74.3 Å². The molecular weight excluding hydrogens is 1100 g/mol. The van der Waals surface area contributed by atoms with E-state index in [1.807, 2.05) is 0 Å². The number of nitrogens with two attached hydrogens (primary N) is 2. The van der Waals surface area contributed by atoms with Gasteiger partial charge in [-0.05, 0) is 89.0 Å². The van der Waals surface area contributed by atoms with E-state index in [1.54, 1.807) is 41.5 Å². The zero-order chi connectivity index (χ0) is 61.7. The molecule has 0 saturated carbocycles. The number of amides is 11. The fourth-order valence-corrected chi connectivity index (χ4v) is 8.69. The van der Waals surface area contributed by atoms with E-state index in [4.69, 9.17) is 11.5 Å². The highest BCUT2D eigenvalue weighted by atomic mass is 32.1. The number of unbranched alkanes of at least 4 members (excludes halogenated alkanes) is 1. The zero-order valence-corrected chi connectivity index (χ0v) is 49.0. The number of hydrogen-bond donors (Lipinski definition) is 17. The third-order valence-corrected chi connectivity index (χ3v) is 13.2. The second-order valence-corrected chi connectivity index (χ2v) is 21.7. The van der Waals surface area contributed by atoms with Gasteiger partial charge in [0.15, 0.2) is 0 Å². The van der Waals surface area contributed by atoms with Crippen LogP contribution in [0.3, 0.4) is 0 Å². The topological polar surface area (TPSA) is 458 Å². The summed E-state index contributed by atoms with van der Waals surface area (Å²) >= 11 is 8.41. The number of likely N-dealkylation sites (tertiary alicyclic amines) is 1. The summed E-state index contributed by atoms with van der Waals surface area (Å²) in [5.74, 6) is -12.9. The lowest BCUT2D eigenvalue weighted by atomic mass is 10.0. The molecule has 10 atom stereocenters. The smallest absolute Gasteiger partial charge is 0.326 e. The summed E-state index contributed by atoms with van der Waals surface area (Å²) in [5, 5.41) is 53.7. The molecule has 1 fully saturated rings. The molecule has 0 aromatic carbocycles. The van der Waals surface area contributed by atoms with Crippen LogP contribution in [0.2, 0.25) is 0 Å². The average Bonchev–Trinajstić information content (AvgIpc) is 3.89. The summed E-state index contributed by atoms with van der Waals surface area (Å²) in [6.45, 7) is 10.1. The first kappa shape index (κ1) is 72.7. The Bertz CT molecular complexity index is 2170. The molecule has 81 heavy (non-hydrogen) atoms. The number of rotatable bonds is 38. The second-order valence-electron chi connectivity index (χ2n) is 21.0. The standard InChI is InChI=1S/C50H87N13O16S2/c1-25(2)17-31(42(70)54-20-38(65)53-21-39(66)55-30(50(78)79)11-8-9-15-51)58-47(75)36(24-81)62-44(72)33(19-27(5)6)59-45(73)34(22-64)60-48(76)37-12-10-16-63(37)49(77)29(13-14-40(67)68)56-46(74)35(23-80)61-43(71)32(18-26(3)4)57-41(69)28(7)52/h25-37,64,80-81H,8-24,51-52H2,1-7H3,(H,53,65)(H,54,70)(H,55,66)(H,56,74)(H,57,69)(H,58,75)(H,59,73)(H,60,76)(H,61,71)(H,62,72)(H,67,68)(H,78,79)/t28-,29-,30-,31-,32-,33-,34-,35-,36-,37-/m0/s1. The van der Waals surface area contributed by atoms with Gasteiger partial charge in [-0.2, -0.15) is 25.3 Å². The highest BCUT2D eigenvalue weighted by Crippen LogP contribution is 2.21. The minimum absolute atomic E-state index is 0.0175. The quantitative estimate of drug-likeness (QED) is 0.0205. The molecule has 460 valence electrons. The van der Waals surface area contributed by atoms with Crippen LogP contribution in [0.15, 0.2) is 0 Å². The van der Waals surface area contributed by atoms with E-state index in [2.05, 4.69) is 78.4 Å². The van der Waals surface area contributed by atoms with Crippen molar-refractivity contribution >= 4 is 102 Å². The molecular formula is C50H87N13O16S2. The summed E-state index contributed by atoms with van der Waals surface area (Å²) in [4.78, 5) is 171. The van der Waals surface area contributed by atoms with Gasteiger partial charge in [-0.15, -0.1) is 0 Å². The normalized spacial score (nSPS) is 16.4. The molecule has 0 spiro atoms. The Hall–Kier alpha value is -6.31. The summed E-state index contributed by atoms with van der Waals surface area (Å²) in [6, 6.07) is -13.1. The van der Waals surface area contributed by atoms with Gasteiger partial charge in [-0.25, -0.2) is 4.79 Å². The van der Waals surface area contributed by atoms with Gasteiger partial charge in [-0.1, -0.05) is 41.5 Å². The van der Waals surface area contributed by atoms with Gasteiger partial charge in [0, 0.05) is 24.5 Å². The number of carbonyl (C=O) groups is 13. The predicted molar refractivity (Wildman–Crippen MR) is 300 cm³/mol. The van der Waals surface area contributed by atoms with E-state index >= 15 is 0 Å². The number of carbonyl (C=O) groups excluding carboxylic acids is 11. The van der Waals surface area contributed by atoms with Crippen molar-refractivity contribution in [1.29, 1.82) is 0 Å². The SMILES string of the molecule is CC(C)C[C@H](NC(=O)[C@H](C)N)C(=O)N[C@@H](CS)C(=O)N[C@@H](CCC(=O)O)C(=O)N1CCC[C@H]1C(=O)N[C@@H](CO)C(=O)N[C@@H](CC(C)C)C(=O)N[C@@H](CS)C(=O)N[C@@H](CC(C)C)C(=O)NCC(=O)NCC(=O)N[C@@H](CCCCN)C(=O)O. The average molecular weight is 1190 g/mol. The van der Waals surface area contributed by atoms with Crippen LogP contribution < -0.4 is 64.6 Å². The van der Waals surface area contributed by atoms with Crippen LogP contribution in [0.1, 0.15) is 113 Å². The maximum absolute atomic E-state index is 14.1. The van der Waals surface area contributed by atoms with Gasteiger partial charge in [0.1, 0.15) is 54.4 Å². The minimum atomic E-state index is -1.70. The molecule has 0 radical (unpaired) electrons. The summed E-state index contributed by atoms with van der Waals surface area (Å²) in [6.07, 6.45) is 0.622. The van der Waals surface area contributed by atoms with Crippen LogP contribution >= 0.6 is 25.3 Å². The summed E-state index contributed by atoms with van der Waals surface area (Å²) < 4.78 is 0. The van der Waals surface area contributed by atoms with Gasteiger partial charge >= 0.3 is 11.9 Å². The number of nitrogens with one attached hydrogen (secondary N) is 10. The third kappa shape index (κ3) is 27.3. The zero-order valence-electron chi connectivity index (χ0n) is 47.2. The van der Waals surface area contributed by atoms with Crippen LogP contribution in [-0.4, -0.2) is 202 Å². The van der Waals surface area contributed by atoms with Gasteiger partial charge < -0.3 is 84.9 Å². The largest absolute Gasteiger partial charge is 0.481 e. The molecule has 0 unspecified atom stereocenters. The Morgan fingerprint density at radius 3 is 1.42 bits per heavy atom. The number of aliphatic hydroxyl groups is 1.